The molecule has 1 atom stereocenters. The molecule has 3 rings (SSSR count). The summed E-state index contributed by atoms with van der Waals surface area (Å²) >= 11 is 0. The SMILES string of the molecule is COc1ccc([C@@H](C)NC(=O)CCc2cccc3ccccc23)cc1. The molecule has 0 aromatic heterocycles. The normalized spacial score (nSPS) is 11.9. The van der Waals surface area contributed by atoms with Crippen LogP contribution in [0.5, 0.6) is 5.75 Å². The molecule has 0 unspecified atom stereocenters. The molecule has 3 heteroatoms. The van der Waals surface area contributed by atoms with Crippen LogP contribution in [0.1, 0.15) is 30.5 Å². The van der Waals surface area contributed by atoms with E-state index in [9.17, 15) is 4.79 Å². The molecule has 0 heterocycles. The third-order valence-electron chi connectivity index (χ3n) is 4.49. The Bertz CT molecular complexity index is 850. The van der Waals surface area contributed by atoms with Crippen molar-refractivity contribution in [2.24, 2.45) is 0 Å². The predicted molar refractivity (Wildman–Crippen MR) is 102 cm³/mol. The van der Waals surface area contributed by atoms with Crippen LogP contribution in [-0.4, -0.2) is 13.0 Å². The number of carbonyl (C=O) groups is 1. The fourth-order valence-corrected chi connectivity index (χ4v) is 3.05. The second-order valence-electron chi connectivity index (χ2n) is 6.20. The van der Waals surface area contributed by atoms with Crippen molar-refractivity contribution in [2.45, 2.75) is 25.8 Å². The minimum Gasteiger partial charge on any atom is -0.497 e. The fraction of sp³-hybridized carbons (Fsp3) is 0.227. The second-order valence-corrected chi connectivity index (χ2v) is 6.20. The van der Waals surface area contributed by atoms with Crippen molar-refractivity contribution in [2.75, 3.05) is 7.11 Å². The Morgan fingerprint density at radius 2 is 1.72 bits per heavy atom. The van der Waals surface area contributed by atoms with E-state index in [4.69, 9.17) is 4.74 Å². The third kappa shape index (κ3) is 4.18. The van der Waals surface area contributed by atoms with Crippen molar-refractivity contribution >= 4 is 16.7 Å². The molecule has 0 saturated heterocycles. The minimum absolute atomic E-state index is 0.0223. The Kier molecular flexibility index (Phi) is 5.34. The van der Waals surface area contributed by atoms with Crippen molar-refractivity contribution < 1.29 is 9.53 Å². The van der Waals surface area contributed by atoms with Gasteiger partial charge in [-0.3, -0.25) is 4.79 Å². The molecule has 0 fully saturated rings. The molecule has 3 nitrogen and oxygen atoms in total. The van der Waals surface area contributed by atoms with Gasteiger partial charge in [-0.15, -0.1) is 0 Å². The number of amides is 1. The van der Waals surface area contributed by atoms with Gasteiger partial charge in [0.25, 0.3) is 0 Å². The van der Waals surface area contributed by atoms with Gasteiger partial charge in [0.15, 0.2) is 0 Å². The van der Waals surface area contributed by atoms with Crippen molar-refractivity contribution in [1.29, 1.82) is 0 Å². The first-order valence-corrected chi connectivity index (χ1v) is 8.57. The summed E-state index contributed by atoms with van der Waals surface area (Å²) in [6.07, 6.45) is 1.22. The van der Waals surface area contributed by atoms with E-state index in [0.29, 0.717) is 6.42 Å². The highest BCUT2D eigenvalue weighted by Gasteiger charge is 2.10. The monoisotopic (exact) mass is 333 g/mol. The number of fused-ring (bicyclic) bond motifs is 1. The van der Waals surface area contributed by atoms with Gasteiger partial charge in [-0.2, -0.15) is 0 Å². The number of nitrogens with one attached hydrogen (secondary N) is 1. The molecule has 3 aromatic carbocycles. The van der Waals surface area contributed by atoms with Crippen molar-refractivity contribution in [1.82, 2.24) is 5.32 Å². The number of benzene rings is 3. The van der Waals surface area contributed by atoms with Crippen molar-refractivity contribution in [3.05, 3.63) is 77.9 Å². The van der Waals surface area contributed by atoms with E-state index in [-0.39, 0.29) is 11.9 Å². The molecular weight excluding hydrogens is 310 g/mol. The zero-order chi connectivity index (χ0) is 17.6. The Morgan fingerprint density at radius 1 is 1.00 bits per heavy atom. The topological polar surface area (TPSA) is 38.3 Å². The predicted octanol–water partition coefficient (Wildman–Crippen LogP) is 4.66. The average molecular weight is 333 g/mol. The van der Waals surface area contributed by atoms with Crippen LogP contribution < -0.4 is 10.1 Å². The second kappa shape index (κ2) is 7.84. The van der Waals surface area contributed by atoms with Gasteiger partial charge >= 0.3 is 0 Å². The number of methoxy groups -OCH3 is 1. The number of hydrogen-bond donors (Lipinski definition) is 1. The van der Waals surface area contributed by atoms with Crippen LogP contribution in [0.25, 0.3) is 10.8 Å². The van der Waals surface area contributed by atoms with Crippen LogP contribution in [0.4, 0.5) is 0 Å². The van der Waals surface area contributed by atoms with Crippen LogP contribution in [0.2, 0.25) is 0 Å². The third-order valence-corrected chi connectivity index (χ3v) is 4.49. The molecule has 0 saturated carbocycles. The molecule has 0 aliphatic carbocycles. The molecule has 3 aromatic rings. The smallest absolute Gasteiger partial charge is 0.220 e. The molecule has 128 valence electrons. The van der Waals surface area contributed by atoms with Crippen LogP contribution in [0, 0.1) is 0 Å². The number of rotatable bonds is 6. The van der Waals surface area contributed by atoms with Crippen LogP contribution in [0.15, 0.2) is 66.7 Å². The maximum atomic E-state index is 12.3. The lowest BCUT2D eigenvalue weighted by molar-refractivity contribution is -0.121. The summed E-state index contributed by atoms with van der Waals surface area (Å²) in [6.45, 7) is 2.00. The number of hydrogen-bond acceptors (Lipinski definition) is 2. The van der Waals surface area contributed by atoms with E-state index in [2.05, 4.69) is 35.6 Å². The largest absolute Gasteiger partial charge is 0.497 e. The summed E-state index contributed by atoms with van der Waals surface area (Å²) in [6, 6.07) is 22.3. The standard InChI is InChI=1S/C22H23NO2/c1-16(17-10-13-20(25-2)14-11-17)23-22(24)15-12-19-8-5-7-18-6-3-4-9-21(18)19/h3-11,13-14,16H,12,15H2,1-2H3,(H,23,24)/t16-/m1/s1. The molecule has 1 N–H and O–H groups in total. The Labute approximate surface area is 148 Å². The van der Waals surface area contributed by atoms with Crippen molar-refractivity contribution in [3.8, 4) is 5.75 Å². The first-order chi connectivity index (χ1) is 12.2. The zero-order valence-electron chi connectivity index (χ0n) is 14.7. The van der Waals surface area contributed by atoms with E-state index < -0.39 is 0 Å². The Morgan fingerprint density at radius 3 is 2.48 bits per heavy atom. The highest BCUT2D eigenvalue weighted by molar-refractivity contribution is 5.86. The molecule has 0 aliphatic heterocycles. The summed E-state index contributed by atoms with van der Waals surface area (Å²) in [7, 11) is 1.65. The van der Waals surface area contributed by atoms with E-state index in [0.717, 1.165) is 17.7 Å². The molecular formula is C22H23NO2. The Balaban J connectivity index is 1.60. The maximum absolute atomic E-state index is 12.3. The quantitative estimate of drug-likeness (QED) is 0.712. The fourth-order valence-electron chi connectivity index (χ4n) is 3.05. The zero-order valence-corrected chi connectivity index (χ0v) is 14.7. The molecule has 0 bridgehead atoms. The van der Waals surface area contributed by atoms with Crippen LogP contribution >= 0.6 is 0 Å². The van der Waals surface area contributed by atoms with Crippen LogP contribution in [-0.2, 0) is 11.2 Å². The van der Waals surface area contributed by atoms with E-state index in [1.165, 1.54) is 16.3 Å². The summed E-state index contributed by atoms with van der Waals surface area (Å²) in [4.78, 5) is 12.3. The van der Waals surface area contributed by atoms with Gasteiger partial charge in [0.2, 0.25) is 5.91 Å². The number of carbonyl (C=O) groups excluding carboxylic acids is 1. The lowest BCUT2D eigenvalue weighted by atomic mass is 10.0. The van der Waals surface area contributed by atoms with Gasteiger partial charge in [-0.25, -0.2) is 0 Å². The number of aryl methyl sites for hydroxylation is 1. The summed E-state index contributed by atoms with van der Waals surface area (Å²) in [5.74, 6) is 0.884. The van der Waals surface area contributed by atoms with Crippen molar-refractivity contribution in [3.63, 3.8) is 0 Å². The molecule has 1 amide bonds. The summed E-state index contributed by atoms with van der Waals surface area (Å²) in [5, 5.41) is 5.51. The molecule has 25 heavy (non-hydrogen) atoms. The van der Waals surface area contributed by atoms with E-state index in [1.807, 2.05) is 43.3 Å². The van der Waals surface area contributed by atoms with Gasteiger partial charge < -0.3 is 10.1 Å². The van der Waals surface area contributed by atoms with E-state index >= 15 is 0 Å². The van der Waals surface area contributed by atoms with Gasteiger partial charge in [0.1, 0.15) is 5.75 Å². The first kappa shape index (κ1) is 17.0. The van der Waals surface area contributed by atoms with E-state index in [1.54, 1.807) is 7.11 Å². The molecule has 0 aliphatic rings. The lowest BCUT2D eigenvalue weighted by Gasteiger charge is -2.15. The molecule has 0 spiro atoms. The first-order valence-electron chi connectivity index (χ1n) is 8.57. The minimum atomic E-state index is -0.0223. The number of ether oxygens (including phenoxy) is 1. The van der Waals surface area contributed by atoms with Crippen LogP contribution in [0.3, 0.4) is 0 Å². The van der Waals surface area contributed by atoms with Gasteiger partial charge in [0, 0.05) is 6.42 Å². The molecule has 0 radical (unpaired) electrons. The average Bonchev–Trinajstić information content (AvgIpc) is 2.66. The highest BCUT2D eigenvalue weighted by atomic mass is 16.5. The van der Waals surface area contributed by atoms with Gasteiger partial charge in [0.05, 0.1) is 13.2 Å². The lowest BCUT2D eigenvalue weighted by Crippen LogP contribution is -2.26. The summed E-state index contributed by atoms with van der Waals surface area (Å²) < 4.78 is 5.17. The maximum Gasteiger partial charge on any atom is 0.220 e. The Hall–Kier alpha value is -2.81. The van der Waals surface area contributed by atoms with Gasteiger partial charge in [-0.05, 0) is 47.4 Å². The van der Waals surface area contributed by atoms with Gasteiger partial charge in [-0.1, -0.05) is 54.6 Å². The summed E-state index contributed by atoms with van der Waals surface area (Å²) in [5.41, 5.74) is 2.28. The highest BCUT2D eigenvalue weighted by Crippen LogP contribution is 2.20.